The SMILES string of the molecule is CCCCCCCC/C=C/CCCCCCCC(=O)NCCC1CN=C(CCCCCCC/C=C/CCCCCCCC)N1. The molecular weight excluding hydrogens is 538 g/mol. The van der Waals surface area contributed by atoms with Crippen LogP contribution in [0.25, 0.3) is 0 Å². The van der Waals surface area contributed by atoms with Gasteiger partial charge in [0.05, 0.1) is 12.4 Å². The van der Waals surface area contributed by atoms with Crippen molar-refractivity contribution in [1.82, 2.24) is 10.6 Å². The molecule has 1 heterocycles. The Morgan fingerprint density at radius 2 is 1.07 bits per heavy atom. The van der Waals surface area contributed by atoms with Crippen LogP contribution in [-0.2, 0) is 4.79 Å². The predicted octanol–water partition coefficient (Wildman–Crippen LogP) is 11.9. The van der Waals surface area contributed by atoms with Gasteiger partial charge < -0.3 is 10.6 Å². The molecule has 0 spiro atoms. The number of nitrogens with zero attached hydrogens (tertiary/aromatic N) is 1. The molecule has 0 fully saturated rings. The molecule has 0 aromatic carbocycles. The van der Waals surface area contributed by atoms with Crippen LogP contribution in [0.2, 0.25) is 0 Å². The van der Waals surface area contributed by atoms with Gasteiger partial charge in [-0.3, -0.25) is 9.79 Å². The maximum atomic E-state index is 12.2. The van der Waals surface area contributed by atoms with Crippen molar-refractivity contribution in [3.8, 4) is 0 Å². The highest BCUT2D eigenvalue weighted by atomic mass is 16.1. The Bertz CT molecular complexity index is 713. The Hall–Kier alpha value is -1.58. The lowest BCUT2D eigenvalue weighted by Gasteiger charge is -2.12. The molecule has 44 heavy (non-hydrogen) atoms. The van der Waals surface area contributed by atoms with E-state index in [1.807, 2.05) is 0 Å². The molecule has 0 saturated carbocycles. The van der Waals surface area contributed by atoms with Gasteiger partial charge in [-0.15, -0.1) is 0 Å². The number of hydrogen-bond acceptors (Lipinski definition) is 3. The second-order valence-corrected chi connectivity index (χ2v) is 13.4. The number of hydrogen-bond donors (Lipinski definition) is 2. The van der Waals surface area contributed by atoms with Gasteiger partial charge in [0.25, 0.3) is 0 Å². The van der Waals surface area contributed by atoms with Crippen LogP contribution < -0.4 is 10.6 Å². The van der Waals surface area contributed by atoms with Gasteiger partial charge in [-0.25, -0.2) is 0 Å². The standard InChI is InChI=1S/C40H75N3O/c1-3-5-7-9-11-13-15-17-19-21-23-25-27-29-31-33-39-42-37-38(43-39)35-36-41-40(44)34-32-30-28-26-24-22-20-18-16-14-12-10-8-6-4-2/h17-20,38H,3-16,21-37H2,1-2H3,(H,41,44)(H,42,43)/b19-17+,20-18+. The molecule has 4 nitrogen and oxygen atoms in total. The van der Waals surface area contributed by atoms with Crippen LogP contribution in [0.15, 0.2) is 29.3 Å². The molecule has 0 bridgehead atoms. The summed E-state index contributed by atoms with van der Waals surface area (Å²) in [5.74, 6) is 1.40. The fourth-order valence-corrected chi connectivity index (χ4v) is 6.06. The molecule has 0 aliphatic carbocycles. The number of rotatable bonds is 33. The van der Waals surface area contributed by atoms with Crippen LogP contribution in [0, 0.1) is 0 Å². The van der Waals surface area contributed by atoms with E-state index in [1.165, 1.54) is 166 Å². The smallest absolute Gasteiger partial charge is 0.219 e. The summed E-state index contributed by atoms with van der Waals surface area (Å²) >= 11 is 0. The van der Waals surface area contributed by atoms with Gasteiger partial charge in [0.1, 0.15) is 0 Å². The first-order valence-corrected chi connectivity index (χ1v) is 19.6. The summed E-state index contributed by atoms with van der Waals surface area (Å²) in [5.41, 5.74) is 0. The first kappa shape index (κ1) is 40.4. The predicted molar refractivity (Wildman–Crippen MR) is 196 cm³/mol. The van der Waals surface area contributed by atoms with E-state index in [2.05, 4.69) is 48.8 Å². The minimum absolute atomic E-state index is 0.218. The molecule has 0 radical (unpaired) electrons. The van der Waals surface area contributed by atoms with Crippen LogP contribution >= 0.6 is 0 Å². The van der Waals surface area contributed by atoms with E-state index >= 15 is 0 Å². The van der Waals surface area contributed by atoms with Crippen LogP contribution in [0.1, 0.15) is 200 Å². The van der Waals surface area contributed by atoms with E-state index < -0.39 is 0 Å². The fourth-order valence-electron chi connectivity index (χ4n) is 6.06. The Balaban J connectivity index is 1.82. The third-order valence-electron chi connectivity index (χ3n) is 9.03. The molecular formula is C40H75N3O. The highest BCUT2D eigenvalue weighted by Crippen LogP contribution is 2.13. The lowest BCUT2D eigenvalue weighted by atomic mass is 10.1. The van der Waals surface area contributed by atoms with Gasteiger partial charge in [0.2, 0.25) is 5.91 Å². The number of amides is 1. The van der Waals surface area contributed by atoms with Crippen LogP contribution in [-0.4, -0.2) is 30.9 Å². The van der Waals surface area contributed by atoms with E-state index in [1.54, 1.807) is 0 Å². The molecule has 1 unspecified atom stereocenters. The van der Waals surface area contributed by atoms with Gasteiger partial charge in [-0.1, -0.05) is 141 Å². The summed E-state index contributed by atoms with van der Waals surface area (Å²) < 4.78 is 0. The van der Waals surface area contributed by atoms with Crippen LogP contribution in [0.4, 0.5) is 0 Å². The molecule has 0 aromatic rings. The van der Waals surface area contributed by atoms with Gasteiger partial charge in [-0.05, 0) is 70.6 Å². The van der Waals surface area contributed by atoms with Gasteiger partial charge in [0, 0.05) is 25.4 Å². The molecule has 256 valence electrons. The zero-order valence-electron chi connectivity index (χ0n) is 29.7. The highest BCUT2D eigenvalue weighted by molar-refractivity contribution is 5.84. The molecule has 2 N–H and O–H groups in total. The van der Waals surface area contributed by atoms with Crippen LogP contribution in [0.5, 0.6) is 0 Å². The summed E-state index contributed by atoms with van der Waals surface area (Å²) in [6, 6.07) is 0.397. The molecule has 1 aliphatic heterocycles. The van der Waals surface area contributed by atoms with Crippen molar-refractivity contribution in [2.45, 2.75) is 206 Å². The number of carbonyl (C=O) groups is 1. The number of aliphatic imine (C=N–C) groups is 1. The first-order valence-electron chi connectivity index (χ1n) is 19.6. The normalized spacial score (nSPS) is 15.0. The van der Waals surface area contributed by atoms with Crippen molar-refractivity contribution in [3.05, 3.63) is 24.3 Å². The number of unbranched alkanes of at least 4 members (excludes halogenated alkanes) is 22. The van der Waals surface area contributed by atoms with Gasteiger partial charge in [-0.2, -0.15) is 0 Å². The highest BCUT2D eigenvalue weighted by Gasteiger charge is 2.16. The zero-order valence-corrected chi connectivity index (χ0v) is 29.7. The second kappa shape index (κ2) is 32.8. The first-order chi connectivity index (χ1) is 21.8. The minimum atomic E-state index is 0.218. The topological polar surface area (TPSA) is 53.5 Å². The van der Waals surface area contributed by atoms with Crippen molar-refractivity contribution >= 4 is 11.7 Å². The third kappa shape index (κ3) is 27.9. The molecule has 0 aromatic heterocycles. The molecule has 1 rings (SSSR count). The molecule has 1 amide bonds. The van der Waals surface area contributed by atoms with E-state index in [4.69, 9.17) is 4.99 Å². The summed E-state index contributed by atoms with van der Waals surface area (Å²) in [6.07, 6.45) is 46.5. The van der Waals surface area contributed by atoms with E-state index in [0.29, 0.717) is 12.5 Å². The maximum absolute atomic E-state index is 12.2. The molecule has 1 atom stereocenters. The molecule has 0 saturated heterocycles. The Kier molecular flexibility index (Phi) is 30.2. The van der Waals surface area contributed by atoms with Gasteiger partial charge >= 0.3 is 0 Å². The lowest BCUT2D eigenvalue weighted by Crippen LogP contribution is -2.34. The van der Waals surface area contributed by atoms with Crippen molar-refractivity contribution in [3.63, 3.8) is 0 Å². The van der Waals surface area contributed by atoms with E-state index in [-0.39, 0.29) is 5.91 Å². The van der Waals surface area contributed by atoms with E-state index in [9.17, 15) is 4.79 Å². The third-order valence-corrected chi connectivity index (χ3v) is 9.03. The average Bonchev–Trinajstić information content (AvgIpc) is 3.48. The lowest BCUT2D eigenvalue weighted by molar-refractivity contribution is -0.121. The van der Waals surface area contributed by atoms with Crippen molar-refractivity contribution in [1.29, 1.82) is 0 Å². The monoisotopic (exact) mass is 614 g/mol. The second-order valence-electron chi connectivity index (χ2n) is 13.4. The quantitative estimate of drug-likeness (QED) is 0.0571. The summed E-state index contributed by atoms with van der Waals surface area (Å²) in [5, 5.41) is 6.73. The molecule has 1 aliphatic rings. The largest absolute Gasteiger partial charge is 0.369 e. The summed E-state index contributed by atoms with van der Waals surface area (Å²) in [4.78, 5) is 16.9. The number of nitrogens with one attached hydrogen (secondary N) is 2. The maximum Gasteiger partial charge on any atom is 0.219 e. The van der Waals surface area contributed by atoms with Crippen molar-refractivity contribution < 1.29 is 4.79 Å². The number of carbonyl (C=O) groups excluding carboxylic acids is 1. The number of amidine groups is 1. The Morgan fingerprint density at radius 3 is 1.57 bits per heavy atom. The zero-order chi connectivity index (χ0) is 31.6. The van der Waals surface area contributed by atoms with Gasteiger partial charge in [0.15, 0.2) is 0 Å². The Labute approximate surface area is 275 Å². The fraction of sp³-hybridized carbons (Fsp3) is 0.850. The number of allylic oxidation sites excluding steroid dienone is 4. The Morgan fingerprint density at radius 1 is 0.636 bits per heavy atom. The minimum Gasteiger partial charge on any atom is -0.369 e. The average molecular weight is 614 g/mol. The molecule has 4 heteroatoms. The van der Waals surface area contributed by atoms with E-state index in [0.717, 1.165) is 32.4 Å². The van der Waals surface area contributed by atoms with Crippen molar-refractivity contribution in [2.75, 3.05) is 13.1 Å². The van der Waals surface area contributed by atoms with Crippen LogP contribution in [0.3, 0.4) is 0 Å². The summed E-state index contributed by atoms with van der Waals surface area (Å²) in [7, 11) is 0. The van der Waals surface area contributed by atoms with Crippen molar-refractivity contribution in [2.24, 2.45) is 4.99 Å². The summed E-state index contributed by atoms with van der Waals surface area (Å²) in [6.45, 7) is 6.19.